The highest BCUT2D eigenvalue weighted by Crippen LogP contribution is 2.36. The van der Waals surface area contributed by atoms with Crippen molar-refractivity contribution < 1.29 is 12.3 Å². The van der Waals surface area contributed by atoms with E-state index in [-0.39, 0.29) is 22.0 Å². The molecule has 0 N–H and O–H groups in total. The van der Waals surface area contributed by atoms with Crippen LogP contribution < -0.4 is 0 Å². The Labute approximate surface area is 164 Å². The highest BCUT2D eigenvalue weighted by molar-refractivity contribution is 6.13. The molecule has 0 atom stereocenters. The van der Waals surface area contributed by atoms with E-state index in [0.29, 0.717) is 22.0 Å². The second-order valence-corrected chi connectivity index (χ2v) is 6.12. The van der Waals surface area contributed by atoms with E-state index in [1.807, 2.05) is 0 Å². The van der Waals surface area contributed by atoms with Crippen LogP contribution in [0.2, 0.25) is 0 Å². The number of hydrogen-bond acceptors (Lipinski definition) is 2. The minimum absolute atomic E-state index is 0.0548. The fraction of sp³-hybridized carbons (Fsp3) is 0.130. The van der Waals surface area contributed by atoms with Gasteiger partial charge in [-0.25, -0.2) is 4.98 Å². The minimum Gasteiger partial charge on any atom is -0.295 e. The van der Waals surface area contributed by atoms with Crippen molar-refractivity contribution in [2.75, 3.05) is 0 Å². The van der Waals surface area contributed by atoms with Crippen molar-refractivity contribution in [1.29, 1.82) is 0 Å². The number of hydrogen-bond donors (Lipinski definition) is 0. The third kappa shape index (κ3) is 1.94. The van der Waals surface area contributed by atoms with Gasteiger partial charge in [-0.2, -0.15) is 0 Å². The summed E-state index contributed by atoms with van der Waals surface area (Å²) < 4.78 is 75.0. The molecule has 2 aromatic carbocycles. The Morgan fingerprint density at radius 1 is 0.923 bits per heavy atom. The molecular weight excluding hydrogens is 318 g/mol. The predicted molar refractivity (Wildman–Crippen MR) is 108 cm³/mol. The van der Waals surface area contributed by atoms with Crippen molar-refractivity contribution in [3.8, 4) is 11.1 Å². The first kappa shape index (κ1) is 8.45. The van der Waals surface area contributed by atoms with Crippen molar-refractivity contribution in [1.82, 2.24) is 14.4 Å². The molecule has 0 aliphatic rings. The molecule has 0 radical (unpaired) electrons. The van der Waals surface area contributed by atoms with E-state index in [2.05, 4.69) is 9.97 Å². The van der Waals surface area contributed by atoms with Gasteiger partial charge in [0.1, 0.15) is 5.82 Å². The smallest absolute Gasteiger partial charge is 0.110 e. The van der Waals surface area contributed by atoms with Crippen molar-refractivity contribution >= 4 is 27.3 Å². The van der Waals surface area contributed by atoms with Gasteiger partial charge >= 0.3 is 0 Å². The summed E-state index contributed by atoms with van der Waals surface area (Å²) in [5, 5.41) is 0.541. The number of imidazole rings is 1. The normalized spacial score (nSPS) is 18.2. The van der Waals surface area contributed by atoms with Crippen LogP contribution in [0.5, 0.6) is 0 Å². The SMILES string of the molecule is [2H]C([2H])([2H])c1c(-c2ccccc2)cnc2c3ccccc3n3c(C([2H])([2H])[2H])nc(C([2H])([2H])[2H])c3c12. The van der Waals surface area contributed by atoms with Gasteiger partial charge in [-0.3, -0.25) is 9.38 Å². The van der Waals surface area contributed by atoms with Crippen LogP contribution in [-0.4, -0.2) is 14.4 Å². The van der Waals surface area contributed by atoms with Crippen LogP contribution >= 0.6 is 0 Å². The van der Waals surface area contributed by atoms with Crippen LogP contribution in [0.15, 0.2) is 60.8 Å². The number of fused-ring (bicyclic) bond motifs is 6. The van der Waals surface area contributed by atoms with Gasteiger partial charge in [-0.1, -0.05) is 48.5 Å². The second-order valence-electron chi connectivity index (χ2n) is 6.12. The van der Waals surface area contributed by atoms with Gasteiger partial charge in [0, 0.05) is 34.9 Å². The number of benzene rings is 2. The average Bonchev–Trinajstić information content (AvgIpc) is 3.20. The molecule has 0 aliphatic heterocycles. The molecular formula is C23H19N3. The van der Waals surface area contributed by atoms with Gasteiger partial charge in [0.2, 0.25) is 0 Å². The zero-order valence-electron chi connectivity index (χ0n) is 22.6. The molecule has 0 aliphatic carbocycles. The fourth-order valence-electron chi connectivity index (χ4n) is 3.54. The van der Waals surface area contributed by atoms with E-state index >= 15 is 0 Å². The van der Waals surface area contributed by atoms with E-state index in [4.69, 9.17) is 12.3 Å². The molecule has 5 aromatic rings. The van der Waals surface area contributed by atoms with Crippen molar-refractivity contribution in [3.63, 3.8) is 0 Å². The molecule has 5 rings (SSSR count). The Morgan fingerprint density at radius 3 is 2.58 bits per heavy atom. The summed E-state index contributed by atoms with van der Waals surface area (Å²) in [5.74, 6) is -0.446. The van der Waals surface area contributed by atoms with E-state index in [1.165, 1.54) is 10.6 Å². The first-order valence-electron chi connectivity index (χ1n) is 12.6. The molecule has 0 saturated carbocycles. The minimum atomic E-state index is -2.81. The lowest BCUT2D eigenvalue weighted by atomic mass is 9.97. The predicted octanol–water partition coefficient (Wildman–Crippen LogP) is 5.63. The summed E-state index contributed by atoms with van der Waals surface area (Å²) in [6.07, 6.45) is 1.47. The zero-order chi connectivity index (χ0) is 25.3. The summed E-state index contributed by atoms with van der Waals surface area (Å²) in [6.45, 7) is -8.24. The summed E-state index contributed by atoms with van der Waals surface area (Å²) in [6, 6.07) is 15.6. The largest absolute Gasteiger partial charge is 0.295 e. The van der Waals surface area contributed by atoms with E-state index < -0.39 is 32.1 Å². The topological polar surface area (TPSA) is 30.2 Å². The Kier molecular flexibility index (Phi) is 1.76. The number of para-hydroxylation sites is 1. The van der Waals surface area contributed by atoms with E-state index in [1.54, 1.807) is 54.6 Å². The zero-order valence-corrected chi connectivity index (χ0v) is 13.6. The monoisotopic (exact) mass is 346 g/mol. The highest BCUT2D eigenvalue weighted by atomic mass is 15.0. The summed E-state index contributed by atoms with van der Waals surface area (Å²) in [4.78, 5) is 8.67. The fourth-order valence-corrected chi connectivity index (χ4v) is 3.54. The van der Waals surface area contributed by atoms with Gasteiger partial charge in [0.15, 0.2) is 0 Å². The Morgan fingerprint density at radius 2 is 1.77 bits per heavy atom. The van der Waals surface area contributed by atoms with Crippen molar-refractivity contribution in [2.24, 2.45) is 0 Å². The Hall–Kier alpha value is -3.20. The quantitative estimate of drug-likeness (QED) is 0.368. The lowest BCUT2D eigenvalue weighted by molar-refractivity contribution is 1.07. The van der Waals surface area contributed by atoms with Crippen LogP contribution in [0.4, 0.5) is 0 Å². The number of pyridine rings is 2. The molecule has 0 unspecified atom stereocenters. The molecule has 0 spiro atoms. The Bertz CT molecular complexity index is 1600. The standard InChI is InChI=1S/C23H19N3/c1-14-19(17-9-5-4-6-10-17)13-24-22-18-11-7-8-12-20(18)26-16(3)25-15(2)23(26)21(14)22/h4-13H,1-3H3/i1D3,2D3,3D3. The van der Waals surface area contributed by atoms with Crippen LogP contribution in [-0.2, 0) is 0 Å². The van der Waals surface area contributed by atoms with Gasteiger partial charge in [-0.15, -0.1) is 0 Å². The van der Waals surface area contributed by atoms with Gasteiger partial charge in [0.05, 0.1) is 22.2 Å². The molecule has 0 fully saturated rings. The summed E-state index contributed by atoms with van der Waals surface area (Å²) >= 11 is 0. The number of nitrogens with zero attached hydrogens (tertiary/aromatic N) is 3. The maximum atomic E-state index is 8.41. The summed E-state index contributed by atoms with van der Waals surface area (Å²) in [7, 11) is 0. The molecule has 3 heteroatoms. The molecule has 3 nitrogen and oxygen atoms in total. The van der Waals surface area contributed by atoms with Crippen LogP contribution in [0, 0.1) is 20.6 Å². The van der Waals surface area contributed by atoms with Gasteiger partial charge < -0.3 is 0 Å². The van der Waals surface area contributed by atoms with Crippen molar-refractivity contribution in [3.05, 3.63) is 77.9 Å². The van der Waals surface area contributed by atoms with Crippen LogP contribution in [0.25, 0.3) is 38.4 Å². The number of aromatic nitrogens is 3. The van der Waals surface area contributed by atoms with E-state index in [0.717, 1.165) is 0 Å². The molecule has 26 heavy (non-hydrogen) atoms. The molecule has 126 valence electrons. The van der Waals surface area contributed by atoms with E-state index in [9.17, 15) is 0 Å². The number of aryl methyl sites for hydroxylation is 3. The van der Waals surface area contributed by atoms with Gasteiger partial charge in [-0.05, 0) is 37.7 Å². The molecule has 3 heterocycles. The lowest BCUT2D eigenvalue weighted by Gasteiger charge is -2.14. The highest BCUT2D eigenvalue weighted by Gasteiger charge is 2.18. The first-order chi connectivity index (χ1) is 16.3. The van der Waals surface area contributed by atoms with Crippen molar-refractivity contribution in [2.45, 2.75) is 20.6 Å². The molecule has 0 bridgehead atoms. The molecule has 0 amide bonds. The third-order valence-corrected chi connectivity index (χ3v) is 4.68. The lowest BCUT2D eigenvalue weighted by Crippen LogP contribution is -1.97. The van der Waals surface area contributed by atoms with Crippen LogP contribution in [0.3, 0.4) is 0 Å². The summed E-state index contributed by atoms with van der Waals surface area (Å²) in [5.41, 5.74) is 0.876. The maximum absolute atomic E-state index is 8.41. The molecule has 3 aromatic heterocycles. The molecule has 0 saturated heterocycles. The second kappa shape index (κ2) is 5.40. The first-order valence-corrected chi connectivity index (χ1v) is 8.13. The third-order valence-electron chi connectivity index (χ3n) is 4.68. The van der Waals surface area contributed by atoms with Crippen LogP contribution in [0.1, 0.15) is 29.4 Å². The maximum Gasteiger partial charge on any atom is 0.110 e. The average molecular weight is 346 g/mol. The number of rotatable bonds is 1. The Balaban J connectivity index is 2.17. The van der Waals surface area contributed by atoms with Gasteiger partial charge in [0.25, 0.3) is 0 Å².